The van der Waals surface area contributed by atoms with Gasteiger partial charge in [0.2, 0.25) is 0 Å². The average Bonchev–Trinajstić information content (AvgIpc) is 3.62. The number of hydrogen-bond acceptors (Lipinski definition) is 8. The summed E-state index contributed by atoms with van der Waals surface area (Å²) in [5.74, 6) is -0.973. The van der Waals surface area contributed by atoms with Crippen LogP contribution in [0.15, 0.2) is 47.6 Å². The van der Waals surface area contributed by atoms with Gasteiger partial charge < -0.3 is 33.3 Å². The maximum atomic E-state index is 13.6. The monoisotopic (exact) mass is 746 g/mol. The minimum absolute atomic E-state index is 0.0199. The van der Waals surface area contributed by atoms with Crippen molar-refractivity contribution in [3.63, 3.8) is 0 Å². The Hall–Kier alpha value is -1.38. The molecule has 1 aliphatic heterocycles. The summed E-state index contributed by atoms with van der Waals surface area (Å²) in [5.41, 5.74) is 0.817. The van der Waals surface area contributed by atoms with Crippen molar-refractivity contribution in [3.05, 3.63) is 47.6 Å². The molecule has 1 heterocycles. The van der Waals surface area contributed by atoms with Gasteiger partial charge in [0.1, 0.15) is 17.8 Å². The van der Waals surface area contributed by atoms with Crippen LogP contribution in [0.3, 0.4) is 0 Å². The number of aliphatic hydroxyl groups is 2. The minimum Gasteiger partial charge on any atom is -0.456 e. The molecular weight excluding hydrogens is 677 g/mol. The molecule has 4 bridgehead atoms. The molecule has 290 valence electrons. The molecule has 1 saturated heterocycles. The van der Waals surface area contributed by atoms with Crippen LogP contribution in [0.5, 0.6) is 0 Å². The summed E-state index contributed by atoms with van der Waals surface area (Å²) in [6.45, 7) is 30.6. The maximum absolute atomic E-state index is 13.6. The van der Waals surface area contributed by atoms with Crippen molar-refractivity contribution in [3.8, 4) is 0 Å². The molecular formula is C41H70O8Si2. The lowest BCUT2D eigenvalue weighted by Gasteiger charge is -2.53. The van der Waals surface area contributed by atoms with Crippen molar-refractivity contribution in [2.45, 2.75) is 161 Å². The third kappa shape index (κ3) is 8.19. The van der Waals surface area contributed by atoms with E-state index in [1.54, 1.807) is 7.11 Å². The number of esters is 1. The lowest BCUT2D eigenvalue weighted by molar-refractivity contribution is -0.164. The van der Waals surface area contributed by atoms with Gasteiger partial charge >= 0.3 is 5.97 Å². The first-order chi connectivity index (χ1) is 23.4. The fourth-order valence-corrected chi connectivity index (χ4v) is 11.1. The predicted molar refractivity (Wildman–Crippen MR) is 209 cm³/mol. The van der Waals surface area contributed by atoms with Gasteiger partial charge in [-0.25, -0.2) is 4.79 Å². The van der Waals surface area contributed by atoms with Gasteiger partial charge in [0, 0.05) is 42.3 Å². The standard InChI is InChI=1S/C41H70O8Si2/c1-25(34(43)28(4)48-50(12,13)39(5,6)7)22-26(2)41-30(23-31(24-42)45-11)20-21-32-33(41)35(49-51(14,15)40(8,9)10)27(3)36(37(32)47-41)46-38(44)29-18-16-17-19-29/h16-18,20-22,25,27-28,30-37,42-43H,19,23-24H2,1-15H3/b26-22+/t25-,27-,28-,30-,31+,32-,33+,34+,35-,36-,37-,41+/m1/s1. The van der Waals surface area contributed by atoms with Crippen LogP contribution in [0.25, 0.3) is 0 Å². The highest BCUT2D eigenvalue weighted by Gasteiger charge is 2.70. The summed E-state index contributed by atoms with van der Waals surface area (Å²) in [6, 6.07) is 0. The van der Waals surface area contributed by atoms with Crippen molar-refractivity contribution < 1.29 is 38.1 Å². The zero-order valence-corrected chi connectivity index (χ0v) is 36.3. The number of hydrogen-bond donors (Lipinski definition) is 2. The Morgan fingerprint density at radius 3 is 2.22 bits per heavy atom. The Morgan fingerprint density at radius 2 is 1.69 bits per heavy atom. The van der Waals surface area contributed by atoms with E-state index in [0.29, 0.717) is 18.4 Å². The van der Waals surface area contributed by atoms with E-state index in [-0.39, 0.29) is 70.6 Å². The van der Waals surface area contributed by atoms with Gasteiger partial charge in [-0.05, 0) is 68.5 Å². The number of carbonyl (C=O) groups is 1. The van der Waals surface area contributed by atoms with Crippen LogP contribution in [0.1, 0.15) is 82.1 Å². The number of allylic oxidation sites excluding steroid dienone is 3. The Morgan fingerprint density at radius 1 is 1.06 bits per heavy atom. The Labute approximate surface area is 311 Å². The van der Waals surface area contributed by atoms with Crippen LogP contribution in [-0.4, -0.2) is 88.8 Å². The number of ether oxygens (including phenoxy) is 3. The highest BCUT2D eigenvalue weighted by molar-refractivity contribution is 6.74. The second-order valence-corrected chi connectivity index (χ2v) is 28.4. The minimum atomic E-state index is -2.33. The number of methoxy groups -OCH3 is 1. The molecule has 12 atom stereocenters. The van der Waals surface area contributed by atoms with Crippen molar-refractivity contribution in [1.82, 2.24) is 0 Å². The van der Waals surface area contributed by atoms with E-state index in [1.165, 1.54) is 0 Å². The van der Waals surface area contributed by atoms with Crippen LogP contribution in [0.2, 0.25) is 36.3 Å². The molecule has 4 aliphatic rings. The van der Waals surface area contributed by atoms with Gasteiger partial charge in [0.15, 0.2) is 16.6 Å². The van der Waals surface area contributed by atoms with Gasteiger partial charge in [0.25, 0.3) is 0 Å². The second kappa shape index (κ2) is 15.4. The van der Waals surface area contributed by atoms with E-state index in [2.05, 4.69) is 107 Å². The molecule has 8 nitrogen and oxygen atoms in total. The van der Waals surface area contributed by atoms with Gasteiger partial charge in [-0.3, -0.25) is 0 Å². The highest BCUT2D eigenvalue weighted by Crippen LogP contribution is 2.62. The molecule has 2 fully saturated rings. The summed E-state index contributed by atoms with van der Waals surface area (Å²) in [7, 11) is -2.82. The molecule has 2 N–H and O–H groups in total. The largest absolute Gasteiger partial charge is 0.456 e. The van der Waals surface area contributed by atoms with Crippen LogP contribution in [0.4, 0.5) is 0 Å². The van der Waals surface area contributed by atoms with Crippen molar-refractivity contribution in [2.75, 3.05) is 13.7 Å². The molecule has 0 radical (unpaired) electrons. The zero-order chi connectivity index (χ0) is 38.5. The molecule has 51 heavy (non-hydrogen) atoms. The van der Waals surface area contributed by atoms with E-state index in [1.807, 2.05) is 25.2 Å². The molecule has 0 aromatic rings. The first kappa shape index (κ1) is 42.4. The molecule has 1 saturated carbocycles. The second-order valence-electron chi connectivity index (χ2n) is 18.9. The quantitative estimate of drug-likeness (QED) is 0.104. The predicted octanol–water partition coefficient (Wildman–Crippen LogP) is 8.13. The van der Waals surface area contributed by atoms with E-state index >= 15 is 0 Å². The first-order valence-electron chi connectivity index (χ1n) is 19.2. The molecule has 0 unspecified atom stereocenters. The summed E-state index contributed by atoms with van der Waals surface area (Å²) in [5, 5.41) is 22.0. The SMILES string of the molecule is CO[C@H](CO)C[C@H]1C=C[C@H]2[C@H]3O[C@]1(/C(C)=C/[C@@H](C)[C@H](O)[C@@H](C)O[Si](C)(C)C(C)(C)C)[C@@H]2[C@H](O[Si](C)(C)C(C)(C)C)[C@@H](C)[C@H]3OC(=O)C1=CC=CC1. The molecule has 0 amide bonds. The van der Waals surface area contributed by atoms with Gasteiger partial charge in [-0.1, -0.05) is 91.8 Å². The van der Waals surface area contributed by atoms with Gasteiger partial charge in [0.05, 0.1) is 31.0 Å². The molecule has 4 rings (SSSR count). The van der Waals surface area contributed by atoms with Crippen molar-refractivity contribution >= 4 is 22.6 Å². The van der Waals surface area contributed by atoms with Gasteiger partial charge in [-0.2, -0.15) is 0 Å². The highest BCUT2D eigenvalue weighted by atomic mass is 28.4. The van der Waals surface area contributed by atoms with Gasteiger partial charge in [-0.15, -0.1) is 0 Å². The van der Waals surface area contributed by atoms with E-state index < -0.39 is 40.5 Å². The molecule has 0 spiro atoms. The lowest BCUT2D eigenvalue weighted by atomic mass is 9.57. The summed E-state index contributed by atoms with van der Waals surface area (Å²) in [6.07, 6.45) is 10.8. The molecule has 0 aromatic heterocycles. The number of carbonyl (C=O) groups excluding carboxylic acids is 1. The third-order valence-corrected chi connectivity index (χ3v) is 22.5. The smallest absolute Gasteiger partial charge is 0.334 e. The zero-order valence-electron chi connectivity index (χ0n) is 34.3. The topological polar surface area (TPSA) is 104 Å². The molecule has 3 aliphatic carbocycles. The van der Waals surface area contributed by atoms with Crippen LogP contribution >= 0.6 is 0 Å². The average molecular weight is 747 g/mol. The lowest BCUT2D eigenvalue weighted by Crippen LogP contribution is -2.60. The summed E-state index contributed by atoms with van der Waals surface area (Å²) < 4.78 is 33.8. The van der Waals surface area contributed by atoms with Crippen LogP contribution < -0.4 is 0 Å². The summed E-state index contributed by atoms with van der Waals surface area (Å²) in [4.78, 5) is 13.6. The number of rotatable bonds is 14. The third-order valence-electron chi connectivity index (χ3n) is 13.5. The van der Waals surface area contributed by atoms with Crippen LogP contribution in [-0.2, 0) is 27.9 Å². The fourth-order valence-electron chi connectivity index (χ4n) is 8.27. The van der Waals surface area contributed by atoms with E-state index in [4.69, 9.17) is 23.1 Å². The van der Waals surface area contributed by atoms with E-state index in [0.717, 1.165) is 5.57 Å². The Kier molecular flexibility index (Phi) is 12.8. The molecule has 0 aromatic carbocycles. The fraction of sp³-hybridized carbons (Fsp3) is 0.780. The maximum Gasteiger partial charge on any atom is 0.334 e. The first-order valence-corrected chi connectivity index (χ1v) is 25.0. The van der Waals surface area contributed by atoms with Crippen molar-refractivity contribution in [2.24, 2.45) is 29.6 Å². The normalized spacial score (nSPS) is 33.5. The van der Waals surface area contributed by atoms with Crippen LogP contribution in [0, 0.1) is 29.6 Å². The molecule has 10 heteroatoms. The Balaban J connectivity index is 1.83. The van der Waals surface area contributed by atoms with E-state index in [9.17, 15) is 15.0 Å². The van der Waals surface area contributed by atoms with Crippen molar-refractivity contribution in [1.29, 1.82) is 0 Å². The number of aliphatic hydroxyl groups excluding tert-OH is 2. The summed E-state index contributed by atoms with van der Waals surface area (Å²) >= 11 is 0. The Bertz CT molecular complexity index is 1370.